The van der Waals surface area contributed by atoms with Crippen LogP contribution in [0.25, 0.3) is 10.9 Å². The molecule has 0 aliphatic heterocycles. The SMILES string of the molecule is CCN(CC)CC.c1ccc2[nH]ccc2c1. The lowest BCUT2D eigenvalue weighted by Crippen LogP contribution is -2.21. The summed E-state index contributed by atoms with van der Waals surface area (Å²) in [5, 5.41) is 1.28. The molecule has 0 spiro atoms. The third-order valence-corrected chi connectivity index (χ3v) is 2.80. The predicted molar refractivity (Wildman–Crippen MR) is 71.8 cm³/mol. The van der Waals surface area contributed by atoms with Crippen molar-refractivity contribution >= 4 is 10.9 Å². The fourth-order valence-corrected chi connectivity index (χ4v) is 1.67. The first-order valence-corrected chi connectivity index (χ1v) is 6.06. The molecule has 88 valence electrons. The number of rotatable bonds is 3. The molecule has 1 N–H and O–H groups in total. The molecule has 2 aromatic rings. The second kappa shape index (κ2) is 7.07. The number of hydrogen-bond acceptors (Lipinski definition) is 1. The zero-order valence-corrected chi connectivity index (χ0v) is 10.5. The van der Waals surface area contributed by atoms with Crippen molar-refractivity contribution in [2.24, 2.45) is 0 Å². The Labute approximate surface area is 98.3 Å². The van der Waals surface area contributed by atoms with E-state index in [1.165, 1.54) is 30.5 Å². The Morgan fingerprint density at radius 1 is 0.938 bits per heavy atom. The van der Waals surface area contributed by atoms with Crippen molar-refractivity contribution in [1.82, 2.24) is 9.88 Å². The molecule has 0 aliphatic rings. The van der Waals surface area contributed by atoms with Crippen molar-refractivity contribution in [3.8, 4) is 0 Å². The third kappa shape index (κ3) is 3.70. The van der Waals surface area contributed by atoms with Gasteiger partial charge in [-0.15, -0.1) is 0 Å². The zero-order chi connectivity index (χ0) is 11.8. The minimum atomic E-state index is 1.19. The molecule has 0 aliphatic carbocycles. The van der Waals surface area contributed by atoms with Crippen LogP contribution in [0.3, 0.4) is 0 Å². The number of hydrogen-bond donors (Lipinski definition) is 1. The van der Waals surface area contributed by atoms with Gasteiger partial charge in [-0.2, -0.15) is 0 Å². The van der Waals surface area contributed by atoms with Crippen molar-refractivity contribution in [3.63, 3.8) is 0 Å². The first-order valence-electron chi connectivity index (χ1n) is 6.06. The van der Waals surface area contributed by atoms with Crippen LogP contribution in [0.15, 0.2) is 36.5 Å². The van der Waals surface area contributed by atoms with Gasteiger partial charge < -0.3 is 9.88 Å². The molecule has 0 amide bonds. The minimum Gasteiger partial charge on any atom is -0.361 e. The van der Waals surface area contributed by atoms with Gasteiger partial charge in [-0.1, -0.05) is 39.0 Å². The molecule has 1 heterocycles. The fraction of sp³-hybridized carbons (Fsp3) is 0.429. The summed E-state index contributed by atoms with van der Waals surface area (Å²) in [6, 6.07) is 10.3. The average molecular weight is 218 g/mol. The van der Waals surface area contributed by atoms with Crippen molar-refractivity contribution < 1.29 is 0 Å². The van der Waals surface area contributed by atoms with Crippen LogP contribution < -0.4 is 0 Å². The second-order valence-corrected chi connectivity index (χ2v) is 3.68. The average Bonchev–Trinajstić information content (AvgIpc) is 2.80. The van der Waals surface area contributed by atoms with Crippen molar-refractivity contribution in [3.05, 3.63) is 36.5 Å². The maximum absolute atomic E-state index is 3.12. The Hall–Kier alpha value is -1.28. The molecular weight excluding hydrogens is 196 g/mol. The van der Waals surface area contributed by atoms with Crippen molar-refractivity contribution in [1.29, 1.82) is 0 Å². The molecule has 2 rings (SSSR count). The Morgan fingerprint density at radius 2 is 1.56 bits per heavy atom. The van der Waals surface area contributed by atoms with E-state index in [1.807, 2.05) is 18.3 Å². The lowest BCUT2D eigenvalue weighted by atomic mass is 10.3. The quantitative estimate of drug-likeness (QED) is 0.835. The zero-order valence-electron chi connectivity index (χ0n) is 10.5. The summed E-state index contributed by atoms with van der Waals surface area (Å²) in [6.45, 7) is 10.1. The number of aromatic nitrogens is 1. The van der Waals surface area contributed by atoms with Gasteiger partial charge in [0.2, 0.25) is 0 Å². The summed E-state index contributed by atoms with van der Waals surface area (Å²) in [5.41, 5.74) is 1.21. The molecule has 0 fully saturated rings. The van der Waals surface area contributed by atoms with E-state index in [4.69, 9.17) is 0 Å². The molecule has 0 atom stereocenters. The van der Waals surface area contributed by atoms with Gasteiger partial charge in [0.25, 0.3) is 0 Å². The highest BCUT2D eigenvalue weighted by atomic mass is 15.1. The molecule has 16 heavy (non-hydrogen) atoms. The molecule has 0 bridgehead atoms. The van der Waals surface area contributed by atoms with E-state index in [9.17, 15) is 0 Å². The fourth-order valence-electron chi connectivity index (χ4n) is 1.67. The maximum atomic E-state index is 3.12. The van der Waals surface area contributed by atoms with Crippen LogP contribution in [0.5, 0.6) is 0 Å². The van der Waals surface area contributed by atoms with Gasteiger partial charge in [0.05, 0.1) is 0 Å². The molecule has 2 heteroatoms. The minimum absolute atomic E-state index is 1.19. The van der Waals surface area contributed by atoms with E-state index >= 15 is 0 Å². The van der Waals surface area contributed by atoms with E-state index in [0.717, 1.165) is 0 Å². The molecule has 0 unspecified atom stereocenters. The number of aromatic amines is 1. The Morgan fingerprint density at radius 3 is 2.06 bits per heavy atom. The summed E-state index contributed by atoms with van der Waals surface area (Å²) in [6.07, 6.45) is 1.95. The summed E-state index contributed by atoms with van der Waals surface area (Å²) in [7, 11) is 0. The van der Waals surface area contributed by atoms with Gasteiger partial charge in [0, 0.05) is 11.7 Å². The number of para-hydroxylation sites is 1. The van der Waals surface area contributed by atoms with Gasteiger partial charge in [0.1, 0.15) is 0 Å². The lowest BCUT2D eigenvalue weighted by molar-refractivity contribution is 0.321. The number of fused-ring (bicyclic) bond motifs is 1. The highest BCUT2D eigenvalue weighted by molar-refractivity contribution is 5.78. The molecule has 0 radical (unpaired) electrons. The topological polar surface area (TPSA) is 19.0 Å². The number of H-pyrrole nitrogens is 1. The normalized spacial score (nSPS) is 10.2. The second-order valence-electron chi connectivity index (χ2n) is 3.68. The highest BCUT2D eigenvalue weighted by Gasteiger charge is 1.89. The van der Waals surface area contributed by atoms with Gasteiger partial charge >= 0.3 is 0 Å². The Balaban J connectivity index is 0.000000168. The molecule has 0 saturated carbocycles. The molecular formula is C14H22N2. The van der Waals surface area contributed by atoms with Gasteiger partial charge in [0.15, 0.2) is 0 Å². The van der Waals surface area contributed by atoms with Crippen LogP contribution in [-0.4, -0.2) is 29.5 Å². The van der Waals surface area contributed by atoms with Crippen LogP contribution in [0.1, 0.15) is 20.8 Å². The van der Waals surface area contributed by atoms with Crippen LogP contribution in [-0.2, 0) is 0 Å². The summed E-state index contributed by atoms with van der Waals surface area (Å²) < 4.78 is 0. The van der Waals surface area contributed by atoms with Crippen LogP contribution in [0, 0.1) is 0 Å². The molecule has 1 aromatic carbocycles. The summed E-state index contributed by atoms with van der Waals surface area (Å²) in [4.78, 5) is 5.49. The van der Waals surface area contributed by atoms with Crippen molar-refractivity contribution in [2.45, 2.75) is 20.8 Å². The molecule has 1 aromatic heterocycles. The van der Waals surface area contributed by atoms with Gasteiger partial charge in [-0.05, 0) is 37.2 Å². The first-order chi connectivity index (χ1) is 7.81. The predicted octanol–water partition coefficient (Wildman–Crippen LogP) is 3.52. The van der Waals surface area contributed by atoms with Crippen LogP contribution in [0.2, 0.25) is 0 Å². The van der Waals surface area contributed by atoms with Gasteiger partial charge in [-0.3, -0.25) is 0 Å². The lowest BCUT2D eigenvalue weighted by Gasteiger charge is -2.13. The number of benzene rings is 1. The molecule has 0 saturated heterocycles. The van der Waals surface area contributed by atoms with E-state index in [2.05, 4.69) is 48.9 Å². The molecule has 2 nitrogen and oxygen atoms in total. The smallest absolute Gasteiger partial charge is 0.0453 e. The van der Waals surface area contributed by atoms with E-state index in [1.54, 1.807) is 0 Å². The monoisotopic (exact) mass is 218 g/mol. The summed E-state index contributed by atoms with van der Waals surface area (Å²) in [5.74, 6) is 0. The van der Waals surface area contributed by atoms with Crippen LogP contribution in [0.4, 0.5) is 0 Å². The first kappa shape index (κ1) is 12.8. The van der Waals surface area contributed by atoms with E-state index < -0.39 is 0 Å². The Bertz CT molecular complexity index is 353. The van der Waals surface area contributed by atoms with Gasteiger partial charge in [-0.25, -0.2) is 0 Å². The van der Waals surface area contributed by atoms with Crippen LogP contribution >= 0.6 is 0 Å². The third-order valence-electron chi connectivity index (χ3n) is 2.80. The summed E-state index contributed by atoms with van der Waals surface area (Å²) >= 11 is 0. The maximum Gasteiger partial charge on any atom is 0.0453 e. The number of nitrogens with zero attached hydrogens (tertiary/aromatic N) is 1. The highest BCUT2D eigenvalue weighted by Crippen LogP contribution is 2.09. The van der Waals surface area contributed by atoms with Crippen molar-refractivity contribution in [2.75, 3.05) is 19.6 Å². The largest absolute Gasteiger partial charge is 0.361 e. The Kier molecular flexibility index (Phi) is 5.65. The van der Waals surface area contributed by atoms with E-state index in [-0.39, 0.29) is 0 Å². The van der Waals surface area contributed by atoms with E-state index in [0.29, 0.717) is 0 Å². The number of nitrogens with one attached hydrogen (secondary N) is 1. The standard InChI is InChI=1S/C8H7N.C6H15N/c1-2-4-8-7(3-1)5-6-9-8;1-4-7(5-2)6-3/h1-6,9H;4-6H2,1-3H3.